The van der Waals surface area contributed by atoms with Gasteiger partial charge in [0.05, 0.1) is 22.6 Å². The summed E-state index contributed by atoms with van der Waals surface area (Å²) in [6.07, 6.45) is 1.41. The lowest BCUT2D eigenvalue weighted by atomic mass is 10.1. The number of hydrogen-bond donors (Lipinski definition) is 0. The number of anilines is 1. The predicted octanol–water partition coefficient (Wildman–Crippen LogP) is 4.48. The number of para-hydroxylation sites is 1. The quantitative estimate of drug-likeness (QED) is 0.447. The second kappa shape index (κ2) is 8.38. The summed E-state index contributed by atoms with van der Waals surface area (Å²) < 4.78 is 25.1. The van der Waals surface area contributed by atoms with Crippen LogP contribution in [0.5, 0.6) is 0 Å². The molecule has 1 aromatic heterocycles. The topological polar surface area (TPSA) is 67.3 Å². The number of nitrogens with zero attached hydrogens (tertiary/aromatic N) is 2. The highest BCUT2D eigenvalue weighted by Crippen LogP contribution is 2.33. The lowest BCUT2D eigenvalue weighted by Crippen LogP contribution is -2.31. The van der Waals surface area contributed by atoms with Gasteiger partial charge in [-0.25, -0.2) is 13.4 Å². The number of hydrogen-bond acceptors (Lipinski definition) is 5. The first kappa shape index (κ1) is 20.3. The fraction of sp³-hybridized carbons (Fsp3) is 0.130. The van der Waals surface area contributed by atoms with Crippen molar-refractivity contribution in [2.75, 3.05) is 11.2 Å². The number of carbonyl (C=O) groups is 1. The molecule has 0 atom stereocenters. The summed E-state index contributed by atoms with van der Waals surface area (Å²) in [6.45, 7) is 0.362. The summed E-state index contributed by atoms with van der Waals surface area (Å²) in [7, 11) is -3.43. The Bertz CT molecular complexity index is 1280. The van der Waals surface area contributed by atoms with Crippen molar-refractivity contribution in [3.8, 4) is 0 Å². The molecule has 3 aromatic carbocycles. The maximum Gasteiger partial charge on any atom is 0.233 e. The Morgan fingerprint density at radius 3 is 2.17 bits per heavy atom. The van der Waals surface area contributed by atoms with Crippen LogP contribution in [0.25, 0.3) is 10.2 Å². The SMILES string of the molecule is CS(=O)(=O)c1cccc2sc(N(Cc3ccccc3)C(=O)Cc3ccccc3)nc12. The number of rotatable bonds is 6. The molecule has 152 valence electrons. The maximum atomic E-state index is 13.3. The smallest absolute Gasteiger partial charge is 0.233 e. The van der Waals surface area contributed by atoms with Gasteiger partial charge >= 0.3 is 0 Å². The van der Waals surface area contributed by atoms with Gasteiger partial charge in [0.2, 0.25) is 5.91 Å². The zero-order valence-corrected chi connectivity index (χ0v) is 18.0. The Balaban J connectivity index is 1.76. The van der Waals surface area contributed by atoms with Crippen molar-refractivity contribution in [1.82, 2.24) is 4.98 Å². The molecule has 0 fully saturated rings. The highest BCUT2D eigenvalue weighted by atomic mass is 32.2. The van der Waals surface area contributed by atoms with Crippen molar-refractivity contribution in [1.29, 1.82) is 0 Å². The van der Waals surface area contributed by atoms with Gasteiger partial charge in [0, 0.05) is 6.26 Å². The van der Waals surface area contributed by atoms with Crippen LogP contribution in [0, 0.1) is 0 Å². The van der Waals surface area contributed by atoms with Crippen molar-refractivity contribution in [2.45, 2.75) is 17.9 Å². The monoisotopic (exact) mass is 436 g/mol. The fourth-order valence-corrected chi connectivity index (χ4v) is 5.13. The normalized spacial score (nSPS) is 11.5. The minimum atomic E-state index is -3.43. The molecule has 1 amide bonds. The minimum Gasteiger partial charge on any atom is -0.283 e. The molecule has 0 bridgehead atoms. The number of thiazole rings is 1. The maximum absolute atomic E-state index is 13.3. The Kier molecular flexibility index (Phi) is 5.65. The van der Waals surface area contributed by atoms with Gasteiger partial charge < -0.3 is 0 Å². The van der Waals surface area contributed by atoms with Crippen molar-refractivity contribution < 1.29 is 13.2 Å². The molecule has 0 saturated heterocycles. The van der Waals surface area contributed by atoms with E-state index in [0.717, 1.165) is 15.8 Å². The Labute approximate surface area is 179 Å². The number of aromatic nitrogens is 1. The third-order valence-electron chi connectivity index (χ3n) is 4.68. The molecule has 0 unspecified atom stereocenters. The average Bonchev–Trinajstić information content (AvgIpc) is 3.16. The number of carbonyl (C=O) groups excluding carboxylic acids is 1. The summed E-state index contributed by atoms with van der Waals surface area (Å²) in [4.78, 5) is 19.6. The average molecular weight is 437 g/mol. The molecule has 0 aliphatic heterocycles. The van der Waals surface area contributed by atoms with Crippen LogP contribution in [0.3, 0.4) is 0 Å². The van der Waals surface area contributed by atoms with E-state index in [1.807, 2.05) is 66.7 Å². The first-order valence-corrected chi connectivity index (χ1v) is 12.1. The molecule has 0 spiro atoms. The molecular formula is C23H20N2O3S2. The van der Waals surface area contributed by atoms with Crippen LogP contribution >= 0.6 is 11.3 Å². The molecule has 4 rings (SSSR count). The van der Waals surface area contributed by atoms with Crippen LogP contribution in [0.15, 0.2) is 83.8 Å². The lowest BCUT2D eigenvalue weighted by molar-refractivity contribution is -0.118. The van der Waals surface area contributed by atoms with Gasteiger partial charge in [-0.3, -0.25) is 9.69 Å². The largest absolute Gasteiger partial charge is 0.283 e. The van der Waals surface area contributed by atoms with Gasteiger partial charge in [-0.15, -0.1) is 0 Å². The van der Waals surface area contributed by atoms with Gasteiger partial charge in [-0.2, -0.15) is 0 Å². The first-order chi connectivity index (χ1) is 14.4. The van der Waals surface area contributed by atoms with E-state index in [-0.39, 0.29) is 17.2 Å². The van der Waals surface area contributed by atoms with Crippen molar-refractivity contribution in [2.24, 2.45) is 0 Å². The standard InChI is InChI=1S/C23H20N2O3S2/c1-30(27,28)20-14-8-13-19-22(20)24-23(29-19)25(16-18-11-6-3-7-12-18)21(26)15-17-9-4-2-5-10-17/h2-14H,15-16H2,1H3. The molecule has 4 aromatic rings. The summed E-state index contributed by atoms with van der Waals surface area (Å²) >= 11 is 1.32. The highest BCUT2D eigenvalue weighted by Gasteiger charge is 2.23. The van der Waals surface area contributed by atoms with Crippen molar-refractivity contribution in [3.63, 3.8) is 0 Å². The van der Waals surface area contributed by atoms with E-state index in [1.54, 1.807) is 17.0 Å². The van der Waals surface area contributed by atoms with Gasteiger partial charge in [-0.1, -0.05) is 78.1 Å². The molecular weight excluding hydrogens is 416 g/mol. The summed E-state index contributed by atoms with van der Waals surface area (Å²) in [5.74, 6) is -0.0926. The number of benzene rings is 3. The van der Waals surface area contributed by atoms with Crippen LogP contribution in [-0.4, -0.2) is 25.6 Å². The van der Waals surface area contributed by atoms with Gasteiger partial charge in [0.1, 0.15) is 5.52 Å². The second-order valence-electron chi connectivity index (χ2n) is 7.00. The van der Waals surface area contributed by atoms with E-state index in [2.05, 4.69) is 4.98 Å². The summed E-state index contributed by atoms with van der Waals surface area (Å²) in [6, 6.07) is 24.3. The lowest BCUT2D eigenvalue weighted by Gasteiger charge is -2.20. The zero-order chi connectivity index (χ0) is 21.1. The number of fused-ring (bicyclic) bond motifs is 1. The summed E-state index contributed by atoms with van der Waals surface area (Å²) in [5, 5.41) is 0.492. The molecule has 0 radical (unpaired) electrons. The van der Waals surface area contributed by atoms with Crippen LogP contribution in [-0.2, 0) is 27.6 Å². The van der Waals surface area contributed by atoms with E-state index in [4.69, 9.17) is 0 Å². The van der Waals surface area contributed by atoms with Crippen LogP contribution < -0.4 is 4.90 Å². The molecule has 0 N–H and O–H groups in total. The predicted molar refractivity (Wildman–Crippen MR) is 121 cm³/mol. The molecule has 0 aliphatic rings. The molecule has 5 nitrogen and oxygen atoms in total. The highest BCUT2D eigenvalue weighted by molar-refractivity contribution is 7.91. The molecule has 0 aliphatic carbocycles. The zero-order valence-electron chi connectivity index (χ0n) is 16.4. The van der Waals surface area contributed by atoms with Crippen molar-refractivity contribution >= 4 is 42.4 Å². The van der Waals surface area contributed by atoms with E-state index in [0.29, 0.717) is 17.2 Å². The van der Waals surface area contributed by atoms with Crippen LogP contribution in [0.1, 0.15) is 11.1 Å². The summed E-state index contributed by atoms with van der Waals surface area (Å²) in [5.41, 5.74) is 2.30. The Morgan fingerprint density at radius 1 is 0.900 bits per heavy atom. The van der Waals surface area contributed by atoms with Crippen LogP contribution in [0.4, 0.5) is 5.13 Å². The van der Waals surface area contributed by atoms with E-state index >= 15 is 0 Å². The van der Waals surface area contributed by atoms with Crippen LogP contribution in [0.2, 0.25) is 0 Å². The fourth-order valence-electron chi connectivity index (χ4n) is 3.22. The first-order valence-electron chi connectivity index (χ1n) is 9.39. The second-order valence-corrected chi connectivity index (χ2v) is 9.99. The molecule has 7 heteroatoms. The number of amides is 1. The van der Waals surface area contributed by atoms with E-state index < -0.39 is 9.84 Å². The molecule has 30 heavy (non-hydrogen) atoms. The Hall–Kier alpha value is -3.03. The van der Waals surface area contributed by atoms with E-state index in [1.165, 1.54) is 17.6 Å². The van der Waals surface area contributed by atoms with Gasteiger partial charge in [-0.05, 0) is 23.3 Å². The molecule has 1 heterocycles. The third kappa shape index (κ3) is 4.42. The number of sulfone groups is 1. The third-order valence-corrected chi connectivity index (χ3v) is 6.86. The minimum absolute atomic E-state index is 0.0926. The molecule has 0 saturated carbocycles. The van der Waals surface area contributed by atoms with Gasteiger partial charge in [0.15, 0.2) is 15.0 Å². The van der Waals surface area contributed by atoms with E-state index in [9.17, 15) is 13.2 Å². The van der Waals surface area contributed by atoms with Gasteiger partial charge in [0.25, 0.3) is 0 Å². The van der Waals surface area contributed by atoms with Crippen molar-refractivity contribution in [3.05, 3.63) is 90.0 Å². The Morgan fingerprint density at radius 2 is 1.53 bits per heavy atom.